The lowest BCUT2D eigenvalue weighted by Gasteiger charge is -2.05. The van der Waals surface area contributed by atoms with E-state index in [9.17, 15) is 0 Å². The molecule has 1 aromatic heterocycles. The molecule has 0 fully saturated rings. The minimum atomic E-state index is -0.128. The van der Waals surface area contributed by atoms with Gasteiger partial charge < -0.3 is 15.0 Å². The number of rotatable bonds is 6. The molecule has 0 aliphatic carbocycles. The molecule has 0 bridgehead atoms. The SMILES string of the molecule is COCC(N)Cc1nc(-c2ccc(SC)cc2)no1. The highest BCUT2D eigenvalue weighted by molar-refractivity contribution is 7.98. The van der Waals surface area contributed by atoms with Crippen LogP contribution in [0.4, 0.5) is 0 Å². The van der Waals surface area contributed by atoms with Gasteiger partial charge in [0.1, 0.15) is 0 Å². The van der Waals surface area contributed by atoms with Crippen LogP contribution in [0.1, 0.15) is 5.89 Å². The second-order valence-electron chi connectivity index (χ2n) is 4.16. The Balaban J connectivity index is 2.07. The van der Waals surface area contributed by atoms with Crippen molar-refractivity contribution in [2.24, 2.45) is 5.73 Å². The van der Waals surface area contributed by atoms with Gasteiger partial charge in [-0.1, -0.05) is 5.16 Å². The number of benzene rings is 1. The van der Waals surface area contributed by atoms with E-state index in [2.05, 4.69) is 10.1 Å². The molecule has 1 atom stereocenters. The van der Waals surface area contributed by atoms with Crippen molar-refractivity contribution >= 4 is 11.8 Å². The van der Waals surface area contributed by atoms with Crippen molar-refractivity contribution in [2.75, 3.05) is 20.0 Å². The van der Waals surface area contributed by atoms with Crippen molar-refractivity contribution in [3.8, 4) is 11.4 Å². The average molecular weight is 279 g/mol. The van der Waals surface area contributed by atoms with E-state index in [1.165, 1.54) is 4.90 Å². The van der Waals surface area contributed by atoms with Crippen LogP contribution in [0.5, 0.6) is 0 Å². The van der Waals surface area contributed by atoms with Gasteiger partial charge in [-0.3, -0.25) is 0 Å². The van der Waals surface area contributed by atoms with E-state index in [0.717, 1.165) is 5.56 Å². The van der Waals surface area contributed by atoms with Crippen LogP contribution >= 0.6 is 11.8 Å². The van der Waals surface area contributed by atoms with E-state index < -0.39 is 0 Å². The number of ether oxygens (including phenoxy) is 1. The fourth-order valence-electron chi connectivity index (χ4n) is 1.69. The predicted molar refractivity (Wildman–Crippen MR) is 75.1 cm³/mol. The third-order valence-electron chi connectivity index (χ3n) is 2.63. The quantitative estimate of drug-likeness (QED) is 0.815. The summed E-state index contributed by atoms with van der Waals surface area (Å²) in [6.45, 7) is 0.472. The van der Waals surface area contributed by atoms with Crippen molar-refractivity contribution in [2.45, 2.75) is 17.4 Å². The normalized spacial score (nSPS) is 12.6. The molecule has 0 aliphatic heterocycles. The van der Waals surface area contributed by atoms with Gasteiger partial charge in [0.25, 0.3) is 0 Å². The minimum Gasteiger partial charge on any atom is -0.383 e. The smallest absolute Gasteiger partial charge is 0.228 e. The molecule has 0 spiro atoms. The summed E-state index contributed by atoms with van der Waals surface area (Å²) in [5.41, 5.74) is 6.78. The summed E-state index contributed by atoms with van der Waals surface area (Å²) in [4.78, 5) is 5.54. The van der Waals surface area contributed by atoms with E-state index in [0.29, 0.717) is 24.7 Å². The van der Waals surface area contributed by atoms with Crippen molar-refractivity contribution in [1.82, 2.24) is 10.1 Å². The topological polar surface area (TPSA) is 74.2 Å². The molecule has 1 unspecified atom stereocenters. The van der Waals surface area contributed by atoms with E-state index in [1.54, 1.807) is 18.9 Å². The lowest BCUT2D eigenvalue weighted by atomic mass is 10.2. The molecule has 19 heavy (non-hydrogen) atoms. The number of thioether (sulfide) groups is 1. The summed E-state index contributed by atoms with van der Waals surface area (Å²) in [7, 11) is 1.62. The number of hydrogen-bond acceptors (Lipinski definition) is 6. The van der Waals surface area contributed by atoms with Crippen LogP contribution in [-0.2, 0) is 11.2 Å². The zero-order valence-corrected chi connectivity index (χ0v) is 11.8. The van der Waals surface area contributed by atoms with Gasteiger partial charge in [0.15, 0.2) is 0 Å². The van der Waals surface area contributed by atoms with Gasteiger partial charge in [0.2, 0.25) is 11.7 Å². The molecular weight excluding hydrogens is 262 g/mol. The Bertz CT molecular complexity index is 513. The second kappa shape index (κ2) is 6.70. The van der Waals surface area contributed by atoms with Crippen LogP contribution in [0.15, 0.2) is 33.7 Å². The van der Waals surface area contributed by atoms with Crippen LogP contribution in [0, 0.1) is 0 Å². The number of nitrogens with two attached hydrogens (primary N) is 1. The maximum Gasteiger partial charge on any atom is 0.228 e. The first-order valence-corrected chi connectivity index (χ1v) is 7.17. The van der Waals surface area contributed by atoms with Crippen LogP contribution in [0.3, 0.4) is 0 Å². The molecule has 0 radical (unpaired) electrons. The molecule has 5 nitrogen and oxygen atoms in total. The van der Waals surface area contributed by atoms with Gasteiger partial charge in [0.05, 0.1) is 6.61 Å². The molecule has 2 aromatic rings. The van der Waals surface area contributed by atoms with Gasteiger partial charge in [-0.15, -0.1) is 11.8 Å². The van der Waals surface area contributed by atoms with Gasteiger partial charge in [-0.2, -0.15) is 4.98 Å². The predicted octanol–water partition coefficient (Wildman–Crippen LogP) is 1.97. The average Bonchev–Trinajstić information content (AvgIpc) is 2.87. The largest absolute Gasteiger partial charge is 0.383 e. The van der Waals surface area contributed by atoms with Crippen LogP contribution in [-0.4, -0.2) is 36.2 Å². The zero-order valence-electron chi connectivity index (χ0n) is 11.0. The Morgan fingerprint density at radius 1 is 1.37 bits per heavy atom. The summed E-state index contributed by atoms with van der Waals surface area (Å²) >= 11 is 1.70. The van der Waals surface area contributed by atoms with Crippen molar-refractivity contribution in [3.05, 3.63) is 30.2 Å². The molecule has 0 saturated carbocycles. The Hall–Kier alpha value is -1.37. The third kappa shape index (κ3) is 3.79. The Morgan fingerprint density at radius 2 is 2.11 bits per heavy atom. The molecule has 0 amide bonds. The van der Waals surface area contributed by atoms with E-state index in [-0.39, 0.29) is 6.04 Å². The van der Waals surface area contributed by atoms with Gasteiger partial charge in [-0.25, -0.2) is 0 Å². The first-order valence-electron chi connectivity index (χ1n) is 5.94. The van der Waals surface area contributed by atoms with Gasteiger partial charge in [-0.05, 0) is 30.5 Å². The van der Waals surface area contributed by atoms with Crippen LogP contribution in [0.2, 0.25) is 0 Å². The fourth-order valence-corrected chi connectivity index (χ4v) is 2.10. The maximum atomic E-state index is 5.85. The molecule has 2 N–H and O–H groups in total. The van der Waals surface area contributed by atoms with Crippen LogP contribution < -0.4 is 5.73 Å². The molecule has 6 heteroatoms. The van der Waals surface area contributed by atoms with Crippen molar-refractivity contribution in [3.63, 3.8) is 0 Å². The summed E-state index contributed by atoms with van der Waals surface area (Å²) in [5, 5.41) is 3.97. The van der Waals surface area contributed by atoms with E-state index in [4.69, 9.17) is 15.0 Å². The molecular formula is C13H17N3O2S. The van der Waals surface area contributed by atoms with E-state index >= 15 is 0 Å². The number of hydrogen-bond donors (Lipinski definition) is 1. The zero-order chi connectivity index (χ0) is 13.7. The summed E-state index contributed by atoms with van der Waals surface area (Å²) in [6, 6.07) is 7.90. The van der Waals surface area contributed by atoms with E-state index in [1.807, 2.05) is 30.5 Å². The van der Waals surface area contributed by atoms with Gasteiger partial charge in [0, 0.05) is 30.0 Å². The summed E-state index contributed by atoms with van der Waals surface area (Å²) < 4.78 is 10.2. The fraction of sp³-hybridized carbons (Fsp3) is 0.385. The first-order chi connectivity index (χ1) is 9.22. The second-order valence-corrected chi connectivity index (χ2v) is 5.04. The molecule has 2 rings (SSSR count). The number of aromatic nitrogens is 2. The van der Waals surface area contributed by atoms with Gasteiger partial charge >= 0.3 is 0 Å². The highest BCUT2D eigenvalue weighted by Crippen LogP contribution is 2.21. The first kappa shape index (κ1) is 14.0. The van der Waals surface area contributed by atoms with Crippen LogP contribution in [0.25, 0.3) is 11.4 Å². The Morgan fingerprint density at radius 3 is 2.74 bits per heavy atom. The molecule has 1 heterocycles. The third-order valence-corrected chi connectivity index (χ3v) is 3.38. The van der Waals surface area contributed by atoms with Crippen molar-refractivity contribution < 1.29 is 9.26 Å². The molecule has 102 valence electrons. The highest BCUT2D eigenvalue weighted by atomic mass is 32.2. The lowest BCUT2D eigenvalue weighted by molar-refractivity contribution is 0.176. The molecule has 0 saturated heterocycles. The number of methoxy groups -OCH3 is 1. The monoisotopic (exact) mass is 279 g/mol. The Labute approximate surface area is 116 Å². The molecule has 1 aromatic carbocycles. The standard InChI is InChI=1S/C13H17N3O2S/c1-17-8-10(14)7-12-15-13(16-18-12)9-3-5-11(19-2)6-4-9/h3-6,10H,7-8,14H2,1-2H3. The molecule has 0 aliphatic rings. The minimum absolute atomic E-state index is 0.128. The van der Waals surface area contributed by atoms with Crippen molar-refractivity contribution in [1.29, 1.82) is 0 Å². The highest BCUT2D eigenvalue weighted by Gasteiger charge is 2.12. The summed E-state index contributed by atoms with van der Waals surface area (Å²) in [6.07, 6.45) is 2.56. The Kier molecular flexibility index (Phi) is 4.95. The summed E-state index contributed by atoms with van der Waals surface area (Å²) in [5.74, 6) is 1.13. The number of nitrogens with zero attached hydrogens (tertiary/aromatic N) is 2. The lowest BCUT2D eigenvalue weighted by Crippen LogP contribution is -2.28. The maximum absolute atomic E-state index is 5.85.